The minimum Gasteiger partial charge on any atom is -0.323 e. The first kappa shape index (κ1) is 27.7. The molecular formula is C30H32N4O5S. The van der Waals surface area contributed by atoms with E-state index in [1.54, 1.807) is 17.0 Å². The number of anilines is 1. The molecule has 2 aliphatic heterocycles. The Balaban J connectivity index is 1.40. The first-order valence-electron chi connectivity index (χ1n) is 13.3. The molecule has 3 amide bonds. The van der Waals surface area contributed by atoms with E-state index in [4.69, 9.17) is 5.14 Å². The molecule has 1 unspecified atom stereocenters. The minimum atomic E-state index is -3.92. The normalized spacial score (nSPS) is 18.8. The van der Waals surface area contributed by atoms with Gasteiger partial charge in [-0.2, -0.15) is 0 Å². The summed E-state index contributed by atoms with van der Waals surface area (Å²) in [6.45, 7) is 4.22. The van der Waals surface area contributed by atoms with Crippen LogP contribution in [0.5, 0.6) is 0 Å². The Morgan fingerprint density at radius 3 is 2.25 bits per heavy atom. The highest BCUT2D eigenvalue weighted by Gasteiger charge is 2.47. The van der Waals surface area contributed by atoms with Crippen molar-refractivity contribution >= 4 is 33.4 Å². The van der Waals surface area contributed by atoms with E-state index in [0.29, 0.717) is 18.4 Å². The fourth-order valence-electron chi connectivity index (χ4n) is 5.58. The van der Waals surface area contributed by atoms with E-state index in [-0.39, 0.29) is 29.0 Å². The highest BCUT2D eigenvalue weighted by molar-refractivity contribution is 7.89. The van der Waals surface area contributed by atoms with Crippen LogP contribution in [-0.4, -0.2) is 61.1 Å². The van der Waals surface area contributed by atoms with Gasteiger partial charge in [-0.05, 0) is 61.7 Å². The molecule has 2 N–H and O–H groups in total. The lowest BCUT2D eigenvalue weighted by Crippen LogP contribution is -2.54. The van der Waals surface area contributed by atoms with Crippen LogP contribution in [0.3, 0.4) is 0 Å². The van der Waals surface area contributed by atoms with Gasteiger partial charge in [0.1, 0.15) is 6.04 Å². The van der Waals surface area contributed by atoms with Gasteiger partial charge in [-0.3, -0.25) is 19.3 Å². The fourth-order valence-corrected chi connectivity index (χ4v) is 6.09. The Hall–Kier alpha value is -3.86. The van der Waals surface area contributed by atoms with Gasteiger partial charge < -0.3 is 4.90 Å². The molecule has 2 fully saturated rings. The number of likely N-dealkylation sites (tertiary alicyclic amines) is 1. The van der Waals surface area contributed by atoms with Crippen molar-refractivity contribution in [3.63, 3.8) is 0 Å². The smallest absolute Gasteiger partial charge is 0.257 e. The van der Waals surface area contributed by atoms with Gasteiger partial charge in [-0.15, -0.1) is 0 Å². The SMILES string of the molecule is Cc1cccc(C(=O)N(C2CCN(Cc3ccccc3)CC2)C2CC(=O)N(c3ccc(S(N)(=O)=O)cc3)C2=O)c1. The van der Waals surface area contributed by atoms with E-state index in [1.807, 2.05) is 37.3 Å². The molecule has 0 bridgehead atoms. The summed E-state index contributed by atoms with van der Waals surface area (Å²) in [7, 11) is -3.92. The molecule has 2 saturated heterocycles. The molecular weight excluding hydrogens is 528 g/mol. The van der Waals surface area contributed by atoms with Crippen LogP contribution in [-0.2, 0) is 26.2 Å². The highest BCUT2D eigenvalue weighted by atomic mass is 32.2. The Morgan fingerprint density at radius 2 is 1.62 bits per heavy atom. The molecule has 0 aromatic heterocycles. The predicted octanol–water partition coefficient (Wildman–Crippen LogP) is 3.08. The molecule has 2 heterocycles. The average Bonchev–Trinajstić information content (AvgIpc) is 3.23. The number of sulfonamides is 1. The summed E-state index contributed by atoms with van der Waals surface area (Å²) < 4.78 is 23.3. The van der Waals surface area contributed by atoms with Crippen molar-refractivity contribution < 1.29 is 22.8 Å². The predicted molar refractivity (Wildman–Crippen MR) is 151 cm³/mol. The van der Waals surface area contributed by atoms with Crippen LogP contribution < -0.4 is 10.0 Å². The van der Waals surface area contributed by atoms with Crippen molar-refractivity contribution in [3.8, 4) is 0 Å². The molecule has 0 spiro atoms. The number of piperidine rings is 1. The van der Waals surface area contributed by atoms with Crippen molar-refractivity contribution in [1.29, 1.82) is 0 Å². The van der Waals surface area contributed by atoms with Gasteiger partial charge in [-0.1, -0.05) is 48.0 Å². The lowest BCUT2D eigenvalue weighted by Gasteiger charge is -2.40. The topological polar surface area (TPSA) is 121 Å². The van der Waals surface area contributed by atoms with Gasteiger partial charge in [0, 0.05) is 31.2 Å². The van der Waals surface area contributed by atoms with Crippen molar-refractivity contribution in [2.24, 2.45) is 5.14 Å². The number of hydrogen-bond donors (Lipinski definition) is 1. The third kappa shape index (κ3) is 5.84. The number of imide groups is 1. The third-order valence-corrected chi connectivity index (χ3v) is 8.51. The summed E-state index contributed by atoms with van der Waals surface area (Å²) >= 11 is 0. The number of nitrogens with zero attached hydrogens (tertiary/aromatic N) is 3. The second kappa shape index (κ2) is 11.3. The maximum absolute atomic E-state index is 14.0. The number of carbonyl (C=O) groups is 3. The molecule has 0 aliphatic carbocycles. The molecule has 3 aromatic carbocycles. The number of primary sulfonamides is 1. The Kier molecular flexibility index (Phi) is 7.84. The number of benzene rings is 3. The maximum atomic E-state index is 14.0. The summed E-state index contributed by atoms with van der Waals surface area (Å²) in [4.78, 5) is 45.7. The molecule has 1 atom stereocenters. The van der Waals surface area contributed by atoms with Crippen LogP contribution in [0.15, 0.2) is 83.8 Å². The first-order chi connectivity index (χ1) is 19.1. The number of carbonyl (C=O) groups excluding carboxylic acids is 3. The second-order valence-corrected chi connectivity index (χ2v) is 12.0. The molecule has 0 radical (unpaired) electrons. The number of aryl methyl sites for hydroxylation is 1. The van der Waals surface area contributed by atoms with Gasteiger partial charge in [0.15, 0.2) is 0 Å². The summed E-state index contributed by atoms with van der Waals surface area (Å²) in [5, 5.41) is 5.19. The zero-order chi connectivity index (χ0) is 28.4. The number of hydrogen-bond acceptors (Lipinski definition) is 6. The fraction of sp³-hybridized carbons (Fsp3) is 0.300. The minimum absolute atomic E-state index is 0.120. The zero-order valence-corrected chi connectivity index (χ0v) is 23.1. The van der Waals surface area contributed by atoms with Crippen molar-refractivity contribution in [3.05, 3.63) is 95.6 Å². The Bertz CT molecular complexity index is 1520. The second-order valence-electron chi connectivity index (χ2n) is 10.4. The molecule has 208 valence electrons. The van der Waals surface area contributed by atoms with Crippen LogP contribution in [0.1, 0.15) is 40.7 Å². The number of rotatable bonds is 7. The van der Waals surface area contributed by atoms with E-state index < -0.39 is 27.9 Å². The molecule has 40 heavy (non-hydrogen) atoms. The zero-order valence-electron chi connectivity index (χ0n) is 22.3. The molecule has 10 heteroatoms. The lowest BCUT2D eigenvalue weighted by molar-refractivity contribution is -0.123. The molecule has 0 saturated carbocycles. The van der Waals surface area contributed by atoms with E-state index in [0.717, 1.165) is 30.1 Å². The van der Waals surface area contributed by atoms with E-state index in [2.05, 4.69) is 17.0 Å². The first-order valence-corrected chi connectivity index (χ1v) is 14.8. The van der Waals surface area contributed by atoms with Crippen LogP contribution in [0.4, 0.5) is 5.69 Å². The summed E-state index contributed by atoms with van der Waals surface area (Å²) in [5.41, 5.74) is 2.86. The van der Waals surface area contributed by atoms with Crippen molar-refractivity contribution in [2.45, 2.75) is 49.7 Å². The Labute approximate surface area is 234 Å². The van der Waals surface area contributed by atoms with E-state index in [9.17, 15) is 22.8 Å². The quantitative estimate of drug-likeness (QED) is 0.444. The average molecular weight is 561 g/mol. The summed E-state index contributed by atoms with van der Waals surface area (Å²) in [6.07, 6.45) is 1.20. The van der Waals surface area contributed by atoms with Crippen LogP contribution in [0, 0.1) is 6.92 Å². The Morgan fingerprint density at radius 1 is 0.950 bits per heavy atom. The van der Waals surface area contributed by atoms with E-state index in [1.165, 1.54) is 29.8 Å². The monoisotopic (exact) mass is 560 g/mol. The largest absolute Gasteiger partial charge is 0.323 e. The van der Waals surface area contributed by atoms with Crippen LogP contribution >= 0.6 is 0 Å². The van der Waals surface area contributed by atoms with Crippen molar-refractivity contribution in [2.75, 3.05) is 18.0 Å². The van der Waals surface area contributed by atoms with Crippen LogP contribution in [0.2, 0.25) is 0 Å². The third-order valence-electron chi connectivity index (χ3n) is 7.58. The molecule has 3 aromatic rings. The summed E-state index contributed by atoms with van der Waals surface area (Å²) in [6, 6.07) is 21.6. The van der Waals surface area contributed by atoms with Gasteiger partial charge >= 0.3 is 0 Å². The van der Waals surface area contributed by atoms with E-state index >= 15 is 0 Å². The summed E-state index contributed by atoms with van der Waals surface area (Å²) in [5.74, 6) is -1.22. The van der Waals surface area contributed by atoms with Gasteiger partial charge in [-0.25, -0.2) is 18.5 Å². The standard InChI is InChI=1S/C30H32N4O5S/c1-21-6-5-9-23(18-21)29(36)33(25-14-16-32(17-15-25)20-22-7-3-2-4-8-22)27-19-28(35)34(30(27)37)24-10-12-26(13-11-24)40(31,38)39/h2-13,18,25,27H,14-17,19-20H2,1H3,(H2,31,38,39). The lowest BCUT2D eigenvalue weighted by atomic mass is 9.98. The number of nitrogens with two attached hydrogens (primary N) is 1. The van der Waals surface area contributed by atoms with Gasteiger partial charge in [0.25, 0.3) is 11.8 Å². The molecule has 5 rings (SSSR count). The van der Waals surface area contributed by atoms with Gasteiger partial charge in [0.2, 0.25) is 15.9 Å². The number of amides is 3. The molecule has 2 aliphatic rings. The van der Waals surface area contributed by atoms with Crippen LogP contribution in [0.25, 0.3) is 0 Å². The van der Waals surface area contributed by atoms with Crippen molar-refractivity contribution in [1.82, 2.24) is 9.80 Å². The maximum Gasteiger partial charge on any atom is 0.257 e. The van der Waals surface area contributed by atoms with Gasteiger partial charge in [0.05, 0.1) is 17.0 Å². The highest BCUT2D eigenvalue weighted by Crippen LogP contribution is 2.31. The molecule has 9 nitrogen and oxygen atoms in total.